The fourth-order valence-corrected chi connectivity index (χ4v) is 2.48. The number of nitrogens with one attached hydrogen (secondary N) is 1. The van der Waals surface area contributed by atoms with Crippen LogP contribution in [0.25, 0.3) is 17.0 Å². The second kappa shape index (κ2) is 6.18. The van der Waals surface area contributed by atoms with Crippen molar-refractivity contribution in [2.45, 2.75) is 0 Å². The highest BCUT2D eigenvalue weighted by Gasteiger charge is 2.18. The highest BCUT2D eigenvalue weighted by molar-refractivity contribution is 6.20. The molecule has 2 aromatic carbocycles. The highest BCUT2D eigenvalue weighted by Crippen LogP contribution is 2.24. The number of rotatable bonds is 4. The van der Waals surface area contributed by atoms with Gasteiger partial charge >= 0.3 is 0 Å². The second-order valence-electron chi connectivity index (χ2n) is 5.06. The van der Waals surface area contributed by atoms with Crippen LogP contribution in [-0.2, 0) is 0 Å². The van der Waals surface area contributed by atoms with Crippen molar-refractivity contribution in [2.24, 2.45) is 0 Å². The molecule has 3 rings (SSSR count). The number of fused-ring (bicyclic) bond motifs is 1. The van der Waals surface area contributed by atoms with Crippen LogP contribution in [-0.4, -0.2) is 15.7 Å². The van der Waals surface area contributed by atoms with Gasteiger partial charge in [-0.05, 0) is 18.2 Å². The van der Waals surface area contributed by atoms with Crippen LogP contribution in [0.5, 0.6) is 0 Å². The third-order valence-corrected chi connectivity index (χ3v) is 3.63. The van der Waals surface area contributed by atoms with Crippen molar-refractivity contribution in [1.29, 1.82) is 5.26 Å². The highest BCUT2D eigenvalue weighted by atomic mass is 16.6. The molecular formula is C18H11N3O3. The molecule has 0 radical (unpaired) electrons. The minimum Gasteiger partial charge on any atom is -0.360 e. The molecule has 116 valence electrons. The van der Waals surface area contributed by atoms with Gasteiger partial charge in [0.1, 0.15) is 11.6 Å². The summed E-state index contributed by atoms with van der Waals surface area (Å²) in [5.41, 5.74) is 1.04. The first-order valence-corrected chi connectivity index (χ1v) is 7.08. The molecule has 1 aromatic heterocycles. The minimum atomic E-state index is -0.545. The van der Waals surface area contributed by atoms with E-state index >= 15 is 0 Å². The quantitative estimate of drug-likeness (QED) is 0.259. The van der Waals surface area contributed by atoms with E-state index < -0.39 is 10.7 Å². The van der Waals surface area contributed by atoms with Gasteiger partial charge in [0.15, 0.2) is 0 Å². The number of hydrogen-bond acceptors (Lipinski definition) is 4. The normalized spacial score (nSPS) is 11.2. The van der Waals surface area contributed by atoms with Crippen molar-refractivity contribution in [3.05, 3.63) is 81.5 Å². The molecule has 0 aliphatic heterocycles. The predicted octanol–water partition coefficient (Wildman–Crippen LogP) is 3.87. The second-order valence-corrected chi connectivity index (χ2v) is 5.06. The summed E-state index contributed by atoms with van der Waals surface area (Å²) in [6, 6.07) is 15.1. The molecule has 24 heavy (non-hydrogen) atoms. The number of hydrogen-bond donors (Lipinski definition) is 1. The molecule has 6 heteroatoms. The number of benzene rings is 2. The van der Waals surface area contributed by atoms with Gasteiger partial charge in [-0.2, -0.15) is 5.26 Å². The molecule has 0 spiro atoms. The Bertz CT molecular complexity index is 1030. The van der Waals surface area contributed by atoms with Crippen molar-refractivity contribution in [2.75, 3.05) is 0 Å². The van der Waals surface area contributed by atoms with Gasteiger partial charge in [-0.15, -0.1) is 0 Å². The standard InChI is InChI=1S/C18H11N3O3/c19-10-13(9-12-5-1-4-8-17(12)21(23)24)18(22)15-11-20-16-7-3-2-6-14(15)16/h1-9,11,20H/b13-9+. The van der Waals surface area contributed by atoms with Crippen molar-refractivity contribution in [3.63, 3.8) is 0 Å². The summed E-state index contributed by atoms with van der Waals surface area (Å²) < 4.78 is 0. The number of Topliss-reactive ketones (excluding diaryl/α,β-unsaturated/α-hetero) is 1. The first kappa shape index (κ1) is 15.2. The maximum Gasteiger partial charge on any atom is 0.276 e. The van der Waals surface area contributed by atoms with E-state index in [0.717, 1.165) is 5.52 Å². The summed E-state index contributed by atoms with van der Waals surface area (Å²) in [5.74, 6) is -0.479. The van der Waals surface area contributed by atoms with E-state index in [0.29, 0.717) is 10.9 Å². The monoisotopic (exact) mass is 317 g/mol. The predicted molar refractivity (Wildman–Crippen MR) is 89.3 cm³/mol. The van der Waals surface area contributed by atoms with E-state index in [4.69, 9.17) is 0 Å². The number of H-pyrrole nitrogens is 1. The van der Waals surface area contributed by atoms with Gasteiger partial charge in [0.2, 0.25) is 5.78 Å². The molecular weight excluding hydrogens is 306 g/mol. The van der Waals surface area contributed by atoms with Crippen molar-refractivity contribution >= 4 is 28.4 Å². The lowest BCUT2D eigenvalue weighted by Crippen LogP contribution is -2.01. The Morgan fingerprint density at radius 2 is 1.88 bits per heavy atom. The average molecular weight is 317 g/mol. The van der Waals surface area contributed by atoms with Gasteiger partial charge in [-0.1, -0.05) is 30.3 Å². The minimum absolute atomic E-state index is 0.156. The third kappa shape index (κ3) is 2.66. The van der Waals surface area contributed by atoms with Crippen LogP contribution in [0, 0.1) is 21.4 Å². The van der Waals surface area contributed by atoms with Crippen LogP contribution in [0.3, 0.4) is 0 Å². The van der Waals surface area contributed by atoms with Crippen LogP contribution in [0.1, 0.15) is 15.9 Å². The number of carbonyl (C=O) groups excluding carboxylic acids is 1. The number of nitro benzene ring substituents is 1. The molecule has 0 unspecified atom stereocenters. The Labute approximate surface area is 136 Å². The van der Waals surface area contributed by atoms with Crippen molar-refractivity contribution in [1.82, 2.24) is 4.98 Å². The molecule has 0 amide bonds. The third-order valence-electron chi connectivity index (χ3n) is 3.63. The van der Waals surface area contributed by atoms with E-state index in [1.807, 2.05) is 18.2 Å². The number of ketones is 1. The van der Waals surface area contributed by atoms with Gasteiger partial charge in [0.05, 0.1) is 10.5 Å². The Morgan fingerprint density at radius 1 is 1.17 bits per heavy atom. The first-order valence-electron chi connectivity index (χ1n) is 7.08. The zero-order chi connectivity index (χ0) is 17.1. The Hall–Kier alpha value is -3.72. The van der Waals surface area contributed by atoms with Gasteiger partial charge < -0.3 is 4.98 Å². The van der Waals surface area contributed by atoms with Gasteiger partial charge in [0.25, 0.3) is 5.69 Å². The SMILES string of the molecule is N#C/C(=C\c1ccccc1[N+](=O)[O-])C(=O)c1c[nH]c2ccccc12. The number of nitro groups is 1. The van der Waals surface area contributed by atoms with Crippen LogP contribution >= 0.6 is 0 Å². The van der Waals surface area contributed by atoms with E-state index in [9.17, 15) is 20.2 Å². The first-order chi connectivity index (χ1) is 11.6. The van der Waals surface area contributed by atoms with Crippen LogP contribution in [0.15, 0.2) is 60.3 Å². The average Bonchev–Trinajstić information content (AvgIpc) is 3.03. The van der Waals surface area contributed by atoms with E-state index in [-0.39, 0.29) is 16.8 Å². The molecule has 1 heterocycles. The van der Waals surface area contributed by atoms with Gasteiger partial charge in [-0.3, -0.25) is 14.9 Å². The molecule has 0 fully saturated rings. The zero-order valence-corrected chi connectivity index (χ0v) is 12.4. The summed E-state index contributed by atoms with van der Waals surface area (Å²) in [6.07, 6.45) is 2.79. The summed E-state index contributed by atoms with van der Waals surface area (Å²) in [7, 11) is 0. The van der Waals surface area contributed by atoms with E-state index in [1.165, 1.54) is 30.5 Å². The Balaban J connectivity index is 2.08. The Morgan fingerprint density at radius 3 is 2.62 bits per heavy atom. The topological polar surface area (TPSA) is 99.8 Å². The molecule has 0 bridgehead atoms. The molecule has 0 saturated carbocycles. The number of carbonyl (C=O) groups is 1. The fourth-order valence-electron chi connectivity index (χ4n) is 2.48. The van der Waals surface area contributed by atoms with Gasteiger partial charge in [0, 0.05) is 28.7 Å². The molecule has 0 atom stereocenters. The summed E-state index contributed by atoms with van der Waals surface area (Å²) in [5, 5.41) is 21.1. The fraction of sp³-hybridized carbons (Fsp3) is 0. The molecule has 0 aliphatic carbocycles. The smallest absolute Gasteiger partial charge is 0.276 e. The number of para-hydroxylation sites is 2. The molecule has 1 N–H and O–H groups in total. The van der Waals surface area contributed by atoms with Crippen LogP contribution < -0.4 is 0 Å². The summed E-state index contributed by atoms with van der Waals surface area (Å²) >= 11 is 0. The number of aromatic amines is 1. The largest absolute Gasteiger partial charge is 0.360 e. The van der Waals surface area contributed by atoms with Crippen molar-refractivity contribution < 1.29 is 9.72 Å². The van der Waals surface area contributed by atoms with Gasteiger partial charge in [-0.25, -0.2) is 0 Å². The summed E-state index contributed by atoms with van der Waals surface area (Å²) in [6.45, 7) is 0. The molecule has 6 nitrogen and oxygen atoms in total. The lowest BCUT2D eigenvalue weighted by atomic mass is 10.0. The maximum atomic E-state index is 12.7. The lowest BCUT2D eigenvalue weighted by molar-refractivity contribution is -0.385. The molecule has 0 aliphatic rings. The molecule has 0 saturated heterocycles. The van der Waals surface area contributed by atoms with Crippen molar-refractivity contribution in [3.8, 4) is 6.07 Å². The number of aromatic nitrogens is 1. The summed E-state index contributed by atoms with van der Waals surface area (Å²) in [4.78, 5) is 26.2. The maximum absolute atomic E-state index is 12.7. The lowest BCUT2D eigenvalue weighted by Gasteiger charge is -2.00. The van der Waals surface area contributed by atoms with E-state index in [2.05, 4.69) is 4.98 Å². The Kier molecular flexibility index (Phi) is 3.91. The van der Waals surface area contributed by atoms with E-state index in [1.54, 1.807) is 18.2 Å². The number of nitrogens with zero attached hydrogens (tertiary/aromatic N) is 2. The molecule has 3 aromatic rings. The van der Waals surface area contributed by atoms with Crippen LogP contribution in [0.4, 0.5) is 5.69 Å². The number of allylic oxidation sites excluding steroid dienone is 1. The zero-order valence-electron chi connectivity index (χ0n) is 12.4. The van der Waals surface area contributed by atoms with Crippen LogP contribution in [0.2, 0.25) is 0 Å². The number of nitriles is 1.